The van der Waals surface area contributed by atoms with Crippen LogP contribution in [0.15, 0.2) is 36.9 Å². The standard InChI is InChI=1S/C17H20N6O/c1-12-4-3-5-19-14(12)11-22-10-13(24-2)8-15(22)17-21-20-16-9-18-6-7-23(16)17/h3-7,9,13,15H,8,10-11H2,1-2H3/t13-,15+/m1/s1. The third kappa shape index (κ3) is 2.65. The highest BCUT2D eigenvalue weighted by Gasteiger charge is 2.36. The van der Waals surface area contributed by atoms with E-state index in [4.69, 9.17) is 4.74 Å². The zero-order chi connectivity index (χ0) is 16.5. The number of nitrogens with zero attached hydrogens (tertiary/aromatic N) is 6. The number of methoxy groups -OCH3 is 1. The SMILES string of the molecule is CO[C@@H]1C[C@@H](c2nnc3cnccn23)N(Cc2ncccc2C)C1. The lowest BCUT2D eigenvalue weighted by molar-refractivity contribution is 0.107. The maximum Gasteiger partial charge on any atom is 0.179 e. The molecule has 24 heavy (non-hydrogen) atoms. The van der Waals surface area contributed by atoms with Crippen LogP contribution in [0.4, 0.5) is 0 Å². The molecule has 4 rings (SSSR count). The third-order valence-corrected chi connectivity index (χ3v) is 4.71. The molecule has 0 N–H and O–H groups in total. The molecular weight excluding hydrogens is 304 g/mol. The Hall–Kier alpha value is -2.38. The quantitative estimate of drug-likeness (QED) is 0.729. The zero-order valence-electron chi connectivity index (χ0n) is 13.8. The van der Waals surface area contributed by atoms with Gasteiger partial charge in [0.05, 0.1) is 24.0 Å². The Labute approximate surface area is 140 Å². The van der Waals surface area contributed by atoms with E-state index in [0.717, 1.165) is 36.7 Å². The average molecular weight is 324 g/mol. The number of hydrogen-bond donors (Lipinski definition) is 0. The smallest absolute Gasteiger partial charge is 0.179 e. The van der Waals surface area contributed by atoms with Crippen LogP contribution in [0, 0.1) is 6.92 Å². The number of pyridine rings is 1. The van der Waals surface area contributed by atoms with Gasteiger partial charge in [-0.3, -0.25) is 19.3 Å². The molecule has 0 amide bonds. The van der Waals surface area contributed by atoms with Gasteiger partial charge in [0.1, 0.15) is 0 Å². The third-order valence-electron chi connectivity index (χ3n) is 4.71. The van der Waals surface area contributed by atoms with Gasteiger partial charge in [-0.05, 0) is 25.0 Å². The van der Waals surface area contributed by atoms with Crippen molar-refractivity contribution >= 4 is 5.65 Å². The van der Waals surface area contributed by atoms with Gasteiger partial charge < -0.3 is 4.74 Å². The van der Waals surface area contributed by atoms with Crippen LogP contribution < -0.4 is 0 Å². The van der Waals surface area contributed by atoms with Crippen molar-refractivity contribution < 1.29 is 4.74 Å². The molecule has 2 atom stereocenters. The summed E-state index contributed by atoms with van der Waals surface area (Å²) < 4.78 is 7.63. The second-order valence-corrected chi connectivity index (χ2v) is 6.17. The fraction of sp³-hybridized carbons (Fsp3) is 0.412. The van der Waals surface area contributed by atoms with Crippen LogP contribution in [0.2, 0.25) is 0 Å². The van der Waals surface area contributed by atoms with Crippen molar-refractivity contribution in [1.29, 1.82) is 0 Å². The lowest BCUT2D eigenvalue weighted by atomic mass is 10.1. The molecule has 1 aliphatic rings. The van der Waals surface area contributed by atoms with Gasteiger partial charge in [-0.15, -0.1) is 10.2 Å². The summed E-state index contributed by atoms with van der Waals surface area (Å²) in [6, 6.07) is 4.21. The minimum Gasteiger partial charge on any atom is -0.380 e. The molecule has 0 unspecified atom stereocenters. The molecule has 3 aromatic rings. The van der Waals surface area contributed by atoms with Crippen molar-refractivity contribution in [2.75, 3.05) is 13.7 Å². The molecule has 7 heteroatoms. The monoisotopic (exact) mass is 324 g/mol. The first-order chi connectivity index (χ1) is 11.8. The number of rotatable bonds is 4. The number of ether oxygens (including phenoxy) is 1. The summed E-state index contributed by atoms with van der Waals surface area (Å²) in [5.74, 6) is 0.931. The van der Waals surface area contributed by atoms with E-state index >= 15 is 0 Å². The van der Waals surface area contributed by atoms with Crippen LogP contribution >= 0.6 is 0 Å². The molecule has 1 aliphatic heterocycles. The van der Waals surface area contributed by atoms with Crippen molar-refractivity contribution in [1.82, 2.24) is 29.5 Å². The number of likely N-dealkylation sites (tertiary alicyclic amines) is 1. The van der Waals surface area contributed by atoms with Crippen molar-refractivity contribution in [3.05, 3.63) is 54.0 Å². The fourth-order valence-corrected chi connectivity index (χ4v) is 3.35. The lowest BCUT2D eigenvalue weighted by Gasteiger charge is -2.23. The van der Waals surface area contributed by atoms with E-state index in [-0.39, 0.29) is 12.1 Å². The second-order valence-electron chi connectivity index (χ2n) is 6.17. The van der Waals surface area contributed by atoms with E-state index in [9.17, 15) is 0 Å². The Kier molecular flexibility index (Phi) is 3.95. The zero-order valence-corrected chi connectivity index (χ0v) is 13.8. The first-order valence-corrected chi connectivity index (χ1v) is 8.08. The van der Waals surface area contributed by atoms with Gasteiger partial charge >= 0.3 is 0 Å². The fourth-order valence-electron chi connectivity index (χ4n) is 3.35. The van der Waals surface area contributed by atoms with Crippen molar-refractivity contribution in [3.8, 4) is 0 Å². The van der Waals surface area contributed by atoms with Crippen LogP contribution in [0.3, 0.4) is 0 Å². The van der Waals surface area contributed by atoms with Gasteiger partial charge in [0.2, 0.25) is 0 Å². The van der Waals surface area contributed by atoms with Crippen LogP contribution in [0.25, 0.3) is 5.65 Å². The maximum atomic E-state index is 5.62. The predicted octanol–water partition coefficient (Wildman–Crippen LogP) is 1.79. The molecule has 3 aromatic heterocycles. The van der Waals surface area contributed by atoms with E-state index in [1.807, 2.05) is 22.9 Å². The maximum absolute atomic E-state index is 5.62. The molecule has 1 saturated heterocycles. The molecule has 0 bridgehead atoms. The summed E-state index contributed by atoms with van der Waals surface area (Å²) in [6.45, 7) is 3.73. The molecule has 1 fully saturated rings. The Morgan fingerprint density at radius 3 is 3.04 bits per heavy atom. The van der Waals surface area contributed by atoms with Crippen LogP contribution in [-0.4, -0.2) is 49.2 Å². The van der Waals surface area contributed by atoms with E-state index < -0.39 is 0 Å². The van der Waals surface area contributed by atoms with E-state index in [1.54, 1.807) is 19.5 Å². The summed E-state index contributed by atoms with van der Waals surface area (Å²) in [5.41, 5.74) is 3.06. The highest BCUT2D eigenvalue weighted by atomic mass is 16.5. The first-order valence-electron chi connectivity index (χ1n) is 8.08. The Bertz CT molecular complexity index is 848. The Morgan fingerprint density at radius 1 is 1.29 bits per heavy atom. The van der Waals surface area contributed by atoms with Crippen molar-refractivity contribution in [2.24, 2.45) is 0 Å². The Balaban J connectivity index is 1.68. The van der Waals surface area contributed by atoms with Gasteiger partial charge in [0.15, 0.2) is 11.5 Å². The molecule has 0 radical (unpaired) electrons. The van der Waals surface area contributed by atoms with E-state index in [2.05, 4.69) is 38.1 Å². The van der Waals surface area contributed by atoms with E-state index in [1.165, 1.54) is 5.56 Å². The molecule has 0 saturated carbocycles. The topological polar surface area (TPSA) is 68.4 Å². The minimum atomic E-state index is 0.147. The molecule has 4 heterocycles. The largest absolute Gasteiger partial charge is 0.380 e. The predicted molar refractivity (Wildman–Crippen MR) is 88.3 cm³/mol. The average Bonchev–Trinajstić information content (AvgIpc) is 3.20. The molecule has 124 valence electrons. The van der Waals surface area contributed by atoms with Crippen LogP contribution in [0.1, 0.15) is 29.5 Å². The highest BCUT2D eigenvalue weighted by Crippen LogP contribution is 2.33. The van der Waals surface area contributed by atoms with E-state index in [0.29, 0.717) is 0 Å². The molecule has 0 aliphatic carbocycles. The van der Waals surface area contributed by atoms with Crippen LogP contribution in [0.5, 0.6) is 0 Å². The molecular formula is C17H20N6O. The van der Waals surface area contributed by atoms with Crippen LogP contribution in [-0.2, 0) is 11.3 Å². The summed E-state index contributed by atoms with van der Waals surface area (Å²) in [4.78, 5) is 11.0. The normalized spacial score (nSPS) is 21.6. The number of aromatic nitrogens is 5. The van der Waals surface area contributed by atoms with Crippen molar-refractivity contribution in [3.63, 3.8) is 0 Å². The molecule has 0 aromatic carbocycles. The van der Waals surface area contributed by atoms with Gasteiger partial charge in [-0.25, -0.2) is 0 Å². The number of hydrogen-bond acceptors (Lipinski definition) is 6. The van der Waals surface area contributed by atoms with Gasteiger partial charge in [-0.2, -0.15) is 0 Å². The Morgan fingerprint density at radius 2 is 2.21 bits per heavy atom. The number of fused-ring (bicyclic) bond motifs is 1. The minimum absolute atomic E-state index is 0.147. The molecule has 0 spiro atoms. The van der Waals surface area contributed by atoms with Gasteiger partial charge in [-0.1, -0.05) is 6.07 Å². The lowest BCUT2D eigenvalue weighted by Crippen LogP contribution is -2.26. The van der Waals surface area contributed by atoms with Gasteiger partial charge in [0, 0.05) is 38.8 Å². The summed E-state index contributed by atoms with van der Waals surface area (Å²) in [6.07, 6.45) is 8.33. The molecule has 7 nitrogen and oxygen atoms in total. The summed E-state index contributed by atoms with van der Waals surface area (Å²) in [7, 11) is 1.77. The number of aryl methyl sites for hydroxylation is 1. The van der Waals surface area contributed by atoms with Crippen molar-refractivity contribution in [2.45, 2.75) is 32.0 Å². The summed E-state index contributed by atoms with van der Waals surface area (Å²) in [5, 5.41) is 8.66. The first kappa shape index (κ1) is 15.2. The highest BCUT2D eigenvalue weighted by molar-refractivity contribution is 5.34. The summed E-state index contributed by atoms with van der Waals surface area (Å²) >= 11 is 0. The second kappa shape index (κ2) is 6.26. The van der Waals surface area contributed by atoms with Gasteiger partial charge in [0.25, 0.3) is 0 Å².